The van der Waals surface area contributed by atoms with Crippen LogP contribution in [-0.4, -0.2) is 30.0 Å². The van der Waals surface area contributed by atoms with Gasteiger partial charge in [-0.3, -0.25) is 14.6 Å². The zero-order valence-electron chi connectivity index (χ0n) is 24.0. The highest BCUT2D eigenvalue weighted by Crippen LogP contribution is 2.38. The van der Waals surface area contributed by atoms with E-state index in [1.54, 1.807) is 0 Å². The largest absolute Gasteiger partial charge is 0.617 e. The van der Waals surface area contributed by atoms with E-state index in [9.17, 15) is 14.8 Å². The number of ether oxygens (including phenoxy) is 1. The van der Waals surface area contributed by atoms with E-state index in [-0.39, 0.29) is 39.7 Å². The zero-order valence-corrected chi connectivity index (χ0v) is 24.8. The van der Waals surface area contributed by atoms with Crippen molar-refractivity contribution in [1.82, 2.24) is 10.3 Å². The van der Waals surface area contributed by atoms with Gasteiger partial charge < -0.3 is 15.3 Å². The first-order chi connectivity index (χ1) is 17.8. The Bertz CT molecular complexity index is 1150. The number of rotatable bonds is 6. The van der Waals surface area contributed by atoms with Gasteiger partial charge in [-0.15, -0.1) is 0 Å². The molecule has 2 aromatic heterocycles. The zero-order chi connectivity index (χ0) is 27.8. The summed E-state index contributed by atoms with van der Waals surface area (Å²) in [6, 6.07) is 4.07. The Hall–Kier alpha value is -2.48. The Labute approximate surface area is 231 Å². The summed E-state index contributed by atoms with van der Waals surface area (Å²) >= 11 is 1.28. The van der Waals surface area contributed by atoms with Crippen molar-refractivity contribution in [1.29, 1.82) is 0 Å². The smallest absolute Gasteiger partial charge is 0.339 e. The molecule has 0 spiro atoms. The lowest BCUT2D eigenvalue weighted by Gasteiger charge is -2.33. The summed E-state index contributed by atoms with van der Waals surface area (Å²) in [7, 11) is 1.38. The summed E-state index contributed by atoms with van der Waals surface area (Å²) in [6.45, 7) is 12.9. The normalized spacial score (nSPS) is 20.6. The molecule has 0 atom stereocenters. The second-order valence-corrected chi connectivity index (χ2v) is 14.2. The van der Waals surface area contributed by atoms with E-state index in [0.717, 1.165) is 39.4 Å². The van der Waals surface area contributed by atoms with Gasteiger partial charge >= 0.3 is 16.9 Å². The number of thiazole rings is 1. The molecule has 0 saturated heterocycles. The molecule has 0 radical (unpaired) electrons. The van der Waals surface area contributed by atoms with Crippen molar-refractivity contribution in [2.24, 2.45) is 11.8 Å². The predicted molar refractivity (Wildman–Crippen MR) is 150 cm³/mol. The van der Waals surface area contributed by atoms with Crippen LogP contribution in [-0.2, 0) is 26.8 Å². The van der Waals surface area contributed by atoms with Crippen molar-refractivity contribution in [2.45, 2.75) is 110 Å². The van der Waals surface area contributed by atoms with Crippen LogP contribution >= 0.6 is 11.3 Å². The topological polar surface area (TPSA) is 95.2 Å². The number of carbonyl (C=O) groups excluding carboxylic acids is 2. The summed E-state index contributed by atoms with van der Waals surface area (Å²) in [5.41, 5.74) is 3.28. The lowest BCUT2D eigenvalue weighted by Crippen LogP contribution is -2.49. The second kappa shape index (κ2) is 10.9. The van der Waals surface area contributed by atoms with Crippen molar-refractivity contribution < 1.29 is 19.1 Å². The number of nitrogens with one attached hydrogen (secondary N) is 1. The number of nitrogens with zero attached hydrogens (tertiary/aromatic N) is 2. The lowest BCUT2D eigenvalue weighted by atomic mass is 9.80. The van der Waals surface area contributed by atoms with Crippen LogP contribution in [0.4, 0.5) is 0 Å². The third-order valence-electron chi connectivity index (χ3n) is 7.92. The highest BCUT2D eigenvalue weighted by atomic mass is 32.1. The molecule has 2 heterocycles. The van der Waals surface area contributed by atoms with Gasteiger partial charge in [0.05, 0.1) is 13.0 Å². The van der Waals surface area contributed by atoms with Crippen LogP contribution in [0.3, 0.4) is 0 Å². The average molecular weight is 542 g/mol. The number of hydrogen-bond acceptors (Lipinski definition) is 6. The molecule has 8 heteroatoms. The van der Waals surface area contributed by atoms with Gasteiger partial charge in [-0.2, -0.15) is 4.73 Å². The Morgan fingerprint density at radius 1 is 1.05 bits per heavy atom. The van der Waals surface area contributed by atoms with Gasteiger partial charge in [0.2, 0.25) is 5.69 Å². The van der Waals surface area contributed by atoms with Crippen molar-refractivity contribution in [3.63, 3.8) is 0 Å². The van der Waals surface area contributed by atoms with Gasteiger partial charge in [0.15, 0.2) is 0 Å². The minimum absolute atomic E-state index is 0.125. The minimum Gasteiger partial charge on any atom is -0.617 e. The fraction of sp³-hybridized carbons (Fsp3) is 0.667. The number of aromatic nitrogens is 2. The van der Waals surface area contributed by atoms with Gasteiger partial charge in [0.1, 0.15) is 4.88 Å². The Morgan fingerprint density at radius 3 is 2.16 bits per heavy atom. The molecule has 2 aliphatic rings. The molecule has 2 aliphatic carbocycles. The molecule has 7 nitrogen and oxygen atoms in total. The van der Waals surface area contributed by atoms with Crippen molar-refractivity contribution >= 4 is 23.2 Å². The minimum atomic E-state index is -0.365. The summed E-state index contributed by atoms with van der Waals surface area (Å²) in [5.74, 6) is -0.347. The SMILES string of the molecule is COC(=O)C1CC(NC(=O)c2sc(-c3cc(C(C)(C)C)nc(C(C)(C)C)c3)c(CC3CCCCC3)[n+]2[O-])C1. The number of pyridine rings is 1. The first kappa shape index (κ1) is 28.5. The number of methoxy groups -OCH3 is 1. The molecule has 0 bridgehead atoms. The van der Waals surface area contributed by atoms with Crippen molar-refractivity contribution in [3.05, 3.63) is 39.4 Å². The van der Waals surface area contributed by atoms with Crippen LogP contribution in [0.5, 0.6) is 0 Å². The number of esters is 1. The maximum atomic E-state index is 13.7. The molecule has 0 unspecified atom stereocenters. The summed E-state index contributed by atoms with van der Waals surface area (Å²) in [6.07, 6.45) is 7.62. The van der Waals surface area contributed by atoms with Crippen LogP contribution in [0, 0.1) is 17.0 Å². The van der Waals surface area contributed by atoms with E-state index < -0.39 is 0 Å². The predicted octanol–water partition coefficient (Wildman–Crippen LogP) is 5.84. The molecule has 2 aromatic rings. The van der Waals surface area contributed by atoms with Crippen LogP contribution < -0.4 is 10.0 Å². The lowest BCUT2D eigenvalue weighted by molar-refractivity contribution is -0.610. The van der Waals surface area contributed by atoms with E-state index in [2.05, 4.69) is 59.0 Å². The van der Waals surface area contributed by atoms with E-state index >= 15 is 0 Å². The molecule has 4 rings (SSSR count). The maximum Gasteiger partial charge on any atom is 0.339 e. The van der Waals surface area contributed by atoms with E-state index in [4.69, 9.17) is 9.72 Å². The molecule has 0 aromatic carbocycles. The van der Waals surface area contributed by atoms with E-state index in [0.29, 0.717) is 30.9 Å². The molecular weight excluding hydrogens is 498 g/mol. The molecular formula is C30H43N3O4S. The van der Waals surface area contributed by atoms with Gasteiger partial charge in [0, 0.05) is 40.2 Å². The maximum absolute atomic E-state index is 13.7. The van der Waals surface area contributed by atoms with E-state index in [1.807, 2.05) is 0 Å². The Kier molecular flexibility index (Phi) is 8.22. The fourth-order valence-electron chi connectivity index (χ4n) is 5.39. The summed E-state index contributed by atoms with van der Waals surface area (Å²) < 4.78 is 5.69. The van der Waals surface area contributed by atoms with E-state index in [1.165, 1.54) is 37.7 Å². The summed E-state index contributed by atoms with van der Waals surface area (Å²) in [5, 5.41) is 16.9. The van der Waals surface area contributed by atoms with Gasteiger partial charge in [-0.25, -0.2) is 0 Å². The van der Waals surface area contributed by atoms with Crippen LogP contribution in [0.15, 0.2) is 12.1 Å². The molecule has 2 fully saturated rings. The Balaban J connectivity index is 1.72. The standard InChI is InChI=1S/C30H43N3O4S/c1-29(2,3)23-16-19(17-24(32-23)30(4,5)6)25-22(13-18-11-9-8-10-12-18)33(36)27(38-25)26(34)31-21-14-20(15-21)28(35)37-7/h16-18,20-21H,8-15H2,1-7H3,(H,31,34). The van der Waals surface area contributed by atoms with Gasteiger partial charge in [0.25, 0.3) is 0 Å². The molecule has 38 heavy (non-hydrogen) atoms. The van der Waals surface area contributed by atoms with Crippen LogP contribution in [0.2, 0.25) is 0 Å². The first-order valence-electron chi connectivity index (χ1n) is 13.9. The number of hydrogen-bond donors (Lipinski definition) is 1. The third-order valence-corrected chi connectivity index (χ3v) is 9.14. The second-order valence-electron chi connectivity index (χ2n) is 13.2. The molecule has 208 valence electrons. The highest BCUT2D eigenvalue weighted by molar-refractivity contribution is 7.16. The van der Waals surface area contributed by atoms with Crippen LogP contribution in [0.25, 0.3) is 10.4 Å². The summed E-state index contributed by atoms with van der Waals surface area (Å²) in [4.78, 5) is 30.9. The third kappa shape index (κ3) is 6.22. The molecule has 0 aliphatic heterocycles. The van der Waals surface area contributed by atoms with Crippen molar-refractivity contribution in [3.8, 4) is 10.4 Å². The average Bonchev–Trinajstić information content (AvgIpc) is 3.15. The monoisotopic (exact) mass is 541 g/mol. The molecule has 1 amide bonds. The molecule has 2 saturated carbocycles. The van der Waals surface area contributed by atoms with Gasteiger partial charge in [-0.1, -0.05) is 72.1 Å². The Morgan fingerprint density at radius 2 is 1.63 bits per heavy atom. The number of carbonyl (C=O) groups is 2. The van der Waals surface area contributed by atoms with Crippen LogP contribution in [0.1, 0.15) is 113 Å². The first-order valence-corrected chi connectivity index (χ1v) is 14.8. The number of amides is 1. The molecule has 1 N–H and O–H groups in total. The highest BCUT2D eigenvalue weighted by Gasteiger charge is 2.39. The van der Waals surface area contributed by atoms with Gasteiger partial charge in [-0.05, 0) is 43.7 Å². The quantitative estimate of drug-likeness (QED) is 0.281. The fourth-order valence-corrected chi connectivity index (χ4v) is 6.45. The van der Waals surface area contributed by atoms with Crippen molar-refractivity contribution in [2.75, 3.05) is 7.11 Å².